The van der Waals surface area contributed by atoms with Crippen LogP contribution in [0.15, 0.2) is 176 Å². The lowest BCUT2D eigenvalue weighted by Crippen LogP contribution is -2.37. The molecule has 33 heteroatoms. The summed E-state index contributed by atoms with van der Waals surface area (Å²) >= 11 is 0. The van der Waals surface area contributed by atoms with Gasteiger partial charge < -0.3 is 84.8 Å². The lowest BCUT2D eigenvalue weighted by molar-refractivity contribution is -0.117. The monoisotopic (exact) mass is 1730 g/mol. The first-order valence-electron chi connectivity index (χ1n) is 41.0. The Hall–Kier alpha value is -10.2. The molecule has 0 radical (unpaired) electrons. The van der Waals surface area contributed by atoms with E-state index in [2.05, 4.69) is 214 Å². The highest BCUT2D eigenvalue weighted by molar-refractivity contribution is 5.91. The van der Waals surface area contributed by atoms with Gasteiger partial charge in [-0.3, -0.25) is 40.7 Å². The minimum Gasteiger partial charge on any atom is -0.370 e. The Bertz CT molecular complexity index is 4140. The molecular formula is C90H146F8N24O. The van der Waals surface area contributed by atoms with Gasteiger partial charge in [-0.1, -0.05) is 270 Å². The van der Waals surface area contributed by atoms with Crippen LogP contribution in [0.4, 0.5) is 35.1 Å². The highest BCUT2D eigenvalue weighted by atomic mass is 19.3. The van der Waals surface area contributed by atoms with Crippen LogP contribution < -0.4 is 101 Å². The number of nitrogens with two attached hydrogens (primary N) is 12. The van der Waals surface area contributed by atoms with Crippen molar-refractivity contribution < 1.29 is 39.9 Å². The summed E-state index contributed by atoms with van der Waals surface area (Å²) in [5.41, 5.74) is 73.9. The fourth-order valence-corrected chi connectivity index (χ4v) is 10.7. The summed E-state index contributed by atoms with van der Waals surface area (Å²) in [5, 5.41) is 16.2. The summed E-state index contributed by atoms with van der Waals surface area (Å²) in [6, 6.07) is 40.4. The fraction of sp³-hybridized carbons (Fsp3) is 0.522. The molecule has 0 aromatic heterocycles. The van der Waals surface area contributed by atoms with E-state index in [1.165, 1.54) is 45.5 Å². The molecule has 0 aliphatic carbocycles. The average molecular weight is 1730 g/mol. The standard InChI is InChI=1S/3C15H24F2N4.2C15H25FN4.C15H24N4O/c1-14(2,3)11-5-7-12(8-6-11)15(16,17)21-10-4-9-20-13(18)19;1-14(2,3)12-6-4-11(5-7-12)8-20-9-15(16,17)10-21-13(18)19;1-14(2,3)12-6-4-11(5-7-12)10-21-15(16,17)8-9-20-13(18)19;1-15(2,3)12-7-5-11(6-8-12)13(16)19-9-4-10-20-14(17)18;1-15(2,3)12-6-4-11(5-7-12)8-19-9-13(16)10-20-14(17)18;1-15(2,3)12-6-4-11(5-7-12)10-18-9-8-13(20)19-14(16)17/h5-8,21H,4,9-10H2,1-3H3,(H4,18,19,20);4-7,20H,8-10H2,1-3H3,(H4,18,19,21);4-7,21H,8-10H2,1-3H3,(H4,18,19,20);5-8,13,19H,4,9-10H2,1-3H3,(H4,17,18,20);4-7,13,19H,8-10H2,1-3H3,(H4,17,18,20);4-7,18H,8-10H2,1-3H3,(H4,16,17,19,20). The number of benzene rings is 6. The van der Waals surface area contributed by atoms with Crippen LogP contribution in [0.3, 0.4) is 0 Å². The number of hydrogen-bond acceptors (Lipinski definition) is 12. The van der Waals surface area contributed by atoms with Crippen LogP contribution in [0, 0.1) is 0 Å². The molecule has 688 valence electrons. The Labute approximate surface area is 726 Å². The van der Waals surface area contributed by atoms with Crippen molar-refractivity contribution in [2.45, 2.75) is 239 Å². The summed E-state index contributed by atoms with van der Waals surface area (Å²) in [7, 11) is 0. The summed E-state index contributed by atoms with van der Waals surface area (Å²) in [5.74, 6) is -4.00. The Kier molecular flexibility index (Phi) is 47.8. The van der Waals surface area contributed by atoms with Gasteiger partial charge in [-0.2, -0.15) is 22.6 Å². The van der Waals surface area contributed by atoms with Crippen LogP contribution in [0.2, 0.25) is 0 Å². The van der Waals surface area contributed by atoms with Gasteiger partial charge >= 0.3 is 12.1 Å². The number of guanidine groups is 6. The summed E-state index contributed by atoms with van der Waals surface area (Å²) < 4.78 is 109. The number of carbonyl (C=O) groups is 1. The van der Waals surface area contributed by atoms with Crippen molar-refractivity contribution in [3.63, 3.8) is 0 Å². The fourth-order valence-electron chi connectivity index (χ4n) is 10.7. The van der Waals surface area contributed by atoms with Crippen LogP contribution in [0.5, 0.6) is 0 Å². The highest BCUT2D eigenvalue weighted by Gasteiger charge is 2.32. The van der Waals surface area contributed by atoms with E-state index in [1.54, 1.807) is 12.1 Å². The number of nitrogens with zero attached hydrogens (tertiary/aromatic N) is 6. The van der Waals surface area contributed by atoms with Crippen molar-refractivity contribution >= 4 is 41.7 Å². The van der Waals surface area contributed by atoms with Gasteiger partial charge in [0, 0.05) is 89.4 Å². The molecule has 6 aromatic carbocycles. The Balaban J connectivity index is 0.000000738. The van der Waals surface area contributed by atoms with Crippen molar-refractivity contribution in [1.82, 2.24) is 31.9 Å². The number of nitrogens with one attached hydrogen (secondary N) is 6. The molecule has 6 rings (SSSR count). The number of amides is 1. The number of aliphatic imine (C=N–C) groups is 6. The SMILES string of the molecule is CC(C)(C)c1ccc(C(F)(F)NCCCN=C(N)N)cc1.CC(C)(C)c1ccc(C(F)NCCCN=C(N)N)cc1.CC(C)(C)c1ccc(CNC(F)(F)CCN=C(N)N)cc1.CC(C)(C)c1ccc(CNCC(F)(F)CN=C(N)N)cc1.CC(C)(C)c1ccc(CNCC(F)CN=C(N)N)cc1.CC(C)(C)c1ccc(CNCCC(=O)N=C(N)N)cc1. The first kappa shape index (κ1) is 111. The average Bonchev–Trinajstić information content (AvgIpc) is 0.825. The van der Waals surface area contributed by atoms with Crippen molar-refractivity contribution in [2.24, 2.45) is 98.8 Å². The second-order valence-corrected chi connectivity index (χ2v) is 35.8. The van der Waals surface area contributed by atoms with E-state index in [1.807, 2.05) is 93.6 Å². The molecule has 2 atom stereocenters. The van der Waals surface area contributed by atoms with Gasteiger partial charge in [0.15, 0.2) is 42.1 Å². The smallest absolute Gasteiger partial charge is 0.329 e. The van der Waals surface area contributed by atoms with Gasteiger partial charge in [0.05, 0.1) is 13.1 Å². The molecule has 0 spiro atoms. The number of carbonyl (C=O) groups excluding carboxylic acids is 1. The van der Waals surface area contributed by atoms with Gasteiger partial charge in [-0.15, -0.1) is 0 Å². The van der Waals surface area contributed by atoms with Crippen LogP contribution in [-0.2, 0) is 69.5 Å². The van der Waals surface area contributed by atoms with Crippen molar-refractivity contribution in [3.8, 4) is 0 Å². The summed E-state index contributed by atoms with van der Waals surface area (Å²) in [6.45, 7) is 41.2. The third-order valence-corrected chi connectivity index (χ3v) is 18.1. The zero-order chi connectivity index (χ0) is 93.8. The van der Waals surface area contributed by atoms with Crippen molar-refractivity contribution in [3.05, 3.63) is 212 Å². The van der Waals surface area contributed by atoms with Gasteiger partial charge in [0.1, 0.15) is 12.7 Å². The van der Waals surface area contributed by atoms with Gasteiger partial charge in [0.25, 0.3) is 5.92 Å². The van der Waals surface area contributed by atoms with E-state index in [4.69, 9.17) is 68.8 Å². The minimum atomic E-state index is -3.06. The molecule has 2 unspecified atom stereocenters. The van der Waals surface area contributed by atoms with Crippen LogP contribution in [-0.4, -0.2) is 125 Å². The zero-order valence-corrected chi connectivity index (χ0v) is 75.8. The second-order valence-electron chi connectivity index (χ2n) is 35.8. The van der Waals surface area contributed by atoms with Crippen LogP contribution in [0.1, 0.15) is 223 Å². The lowest BCUT2D eigenvalue weighted by atomic mass is 9.86. The quantitative estimate of drug-likeness (QED) is 0.00578. The molecule has 1 amide bonds. The molecule has 123 heavy (non-hydrogen) atoms. The molecule has 0 heterocycles. The normalized spacial score (nSPS) is 12.3. The van der Waals surface area contributed by atoms with Crippen LogP contribution >= 0.6 is 0 Å². The molecule has 0 bridgehead atoms. The maximum atomic E-state index is 14.0. The molecule has 30 N–H and O–H groups in total. The maximum Gasteiger partial charge on any atom is 0.329 e. The van der Waals surface area contributed by atoms with Gasteiger partial charge in [-0.05, 0) is 108 Å². The molecule has 0 fully saturated rings. The third kappa shape index (κ3) is 52.1. The van der Waals surface area contributed by atoms with Gasteiger partial charge in [0.2, 0.25) is 5.91 Å². The number of hydrogen-bond donors (Lipinski definition) is 18. The number of halogens is 8. The third-order valence-electron chi connectivity index (χ3n) is 18.1. The molecule has 25 nitrogen and oxygen atoms in total. The Morgan fingerprint density at radius 2 is 0.683 bits per heavy atom. The lowest BCUT2D eigenvalue weighted by Gasteiger charge is -2.22. The predicted octanol–water partition coefficient (Wildman–Crippen LogP) is 11.8. The molecule has 0 saturated heterocycles. The Morgan fingerprint density at radius 3 is 1.05 bits per heavy atom. The van der Waals surface area contributed by atoms with Crippen molar-refractivity contribution in [1.29, 1.82) is 0 Å². The van der Waals surface area contributed by atoms with E-state index in [0.29, 0.717) is 57.7 Å². The molecule has 0 aliphatic rings. The van der Waals surface area contributed by atoms with Gasteiger partial charge in [-0.25, -0.2) is 22.6 Å². The zero-order valence-electron chi connectivity index (χ0n) is 75.8. The van der Waals surface area contributed by atoms with E-state index >= 15 is 0 Å². The Morgan fingerprint density at radius 1 is 0.358 bits per heavy atom. The minimum absolute atomic E-state index is 0.00169. The topological polar surface area (TPSA) is 476 Å². The van der Waals surface area contributed by atoms with E-state index < -0.39 is 50.0 Å². The van der Waals surface area contributed by atoms with E-state index in [9.17, 15) is 39.9 Å². The second kappa shape index (κ2) is 53.1. The largest absolute Gasteiger partial charge is 0.370 e. The summed E-state index contributed by atoms with van der Waals surface area (Å²) in [6.07, 6.45) is -1.26. The molecular weight excluding hydrogens is 1590 g/mol. The predicted molar refractivity (Wildman–Crippen MR) is 494 cm³/mol. The highest BCUT2D eigenvalue weighted by Crippen LogP contribution is 2.31. The molecule has 6 aromatic rings. The first-order chi connectivity index (χ1) is 56.7. The summed E-state index contributed by atoms with van der Waals surface area (Å²) in [4.78, 5) is 32.8. The molecule has 0 saturated carbocycles. The number of rotatable bonds is 35. The van der Waals surface area contributed by atoms with Crippen LogP contribution in [0.25, 0.3) is 0 Å². The van der Waals surface area contributed by atoms with E-state index in [0.717, 1.165) is 28.8 Å². The maximum absolute atomic E-state index is 14.0. The molecule has 0 aliphatic heterocycles. The van der Waals surface area contributed by atoms with Crippen molar-refractivity contribution in [2.75, 3.05) is 65.4 Å². The first-order valence-corrected chi connectivity index (χ1v) is 41.0. The number of alkyl halides is 8. The van der Waals surface area contributed by atoms with E-state index in [-0.39, 0.29) is 119 Å².